The summed E-state index contributed by atoms with van der Waals surface area (Å²) >= 11 is 0. The lowest BCUT2D eigenvalue weighted by Gasteiger charge is -2.38. The van der Waals surface area contributed by atoms with Gasteiger partial charge in [-0.05, 0) is 33.6 Å². The van der Waals surface area contributed by atoms with Gasteiger partial charge in [-0.1, -0.05) is 70.1 Å². The fourth-order valence-corrected chi connectivity index (χ4v) is 3.46. The average molecular weight is 353 g/mol. The minimum absolute atomic E-state index is 0.0556. The van der Waals surface area contributed by atoms with E-state index in [1.807, 2.05) is 26.8 Å². The first kappa shape index (κ1) is 22.4. The molecule has 0 spiro atoms. The summed E-state index contributed by atoms with van der Waals surface area (Å²) in [5.41, 5.74) is 0.670. The zero-order chi connectivity index (χ0) is 18.8. The Morgan fingerprint density at radius 2 is 1.84 bits per heavy atom. The van der Waals surface area contributed by atoms with E-state index in [0.29, 0.717) is 13.2 Å². The van der Waals surface area contributed by atoms with Crippen molar-refractivity contribution in [2.24, 2.45) is 0 Å². The molecule has 1 aliphatic heterocycles. The molecule has 0 amide bonds. The average Bonchev–Trinajstić information content (AvgIpc) is 2.92. The van der Waals surface area contributed by atoms with Crippen molar-refractivity contribution in [2.75, 3.05) is 13.2 Å². The van der Waals surface area contributed by atoms with Crippen molar-refractivity contribution in [3.05, 3.63) is 24.8 Å². The van der Waals surface area contributed by atoms with Crippen molar-refractivity contribution in [3.8, 4) is 0 Å². The van der Waals surface area contributed by atoms with Crippen molar-refractivity contribution in [1.29, 1.82) is 0 Å². The monoisotopic (exact) mass is 352 g/mol. The van der Waals surface area contributed by atoms with Gasteiger partial charge in [-0.3, -0.25) is 0 Å². The molecule has 0 N–H and O–H groups in total. The highest BCUT2D eigenvalue weighted by Gasteiger charge is 2.47. The summed E-state index contributed by atoms with van der Waals surface area (Å²) in [6, 6.07) is 0. The van der Waals surface area contributed by atoms with E-state index in [0.717, 1.165) is 24.8 Å². The minimum Gasteiger partial charge on any atom is -0.368 e. The molecule has 2 atom stereocenters. The van der Waals surface area contributed by atoms with Crippen molar-refractivity contribution >= 4 is 0 Å². The largest absolute Gasteiger partial charge is 0.368 e. The number of hydrogen-bond acceptors (Lipinski definition) is 3. The van der Waals surface area contributed by atoms with Crippen LogP contribution >= 0.6 is 0 Å². The van der Waals surface area contributed by atoms with Crippen LogP contribution in [-0.2, 0) is 14.2 Å². The van der Waals surface area contributed by atoms with Gasteiger partial charge >= 0.3 is 0 Å². The van der Waals surface area contributed by atoms with E-state index in [2.05, 4.69) is 20.1 Å². The summed E-state index contributed by atoms with van der Waals surface area (Å²) in [6.07, 6.45) is 12.7. The summed E-state index contributed by atoms with van der Waals surface area (Å²) < 4.78 is 18.4. The molecule has 0 aromatic carbocycles. The molecule has 146 valence electrons. The second-order valence-corrected chi connectivity index (χ2v) is 7.99. The molecule has 1 saturated heterocycles. The van der Waals surface area contributed by atoms with E-state index < -0.39 is 5.79 Å². The third kappa shape index (κ3) is 8.06. The minimum atomic E-state index is -0.538. The van der Waals surface area contributed by atoms with E-state index in [1.165, 1.54) is 38.5 Å². The van der Waals surface area contributed by atoms with Crippen LogP contribution in [0.25, 0.3) is 0 Å². The van der Waals surface area contributed by atoms with Gasteiger partial charge in [0.25, 0.3) is 0 Å². The van der Waals surface area contributed by atoms with Crippen molar-refractivity contribution < 1.29 is 14.2 Å². The van der Waals surface area contributed by atoms with E-state index in [1.54, 1.807) is 0 Å². The molecule has 3 heteroatoms. The van der Waals surface area contributed by atoms with E-state index in [9.17, 15) is 0 Å². The van der Waals surface area contributed by atoms with Gasteiger partial charge in [0.05, 0.1) is 13.2 Å². The maximum atomic E-state index is 6.38. The van der Waals surface area contributed by atoms with Gasteiger partial charge in [0.1, 0.15) is 11.7 Å². The second-order valence-electron chi connectivity index (χ2n) is 7.99. The predicted octanol–water partition coefficient (Wildman–Crippen LogP) is 6.19. The lowest BCUT2D eigenvalue weighted by atomic mass is 9.86. The fraction of sp³-hybridized carbons (Fsp3) is 0.818. The molecule has 1 rings (SSSR count). The summed E-state index contributed by atoms with van der Waals surface area (Å²) in [4.78, 5) is 0. The lowest BCUT2D eigenvalue weighted by Crippen LogP contribution is -2.47. The Labute approximate surface area is 155 Å². The highest BCUT2D eigenvalue weighted by molar-refractivity contribution is 5.00. The van der Waals surface area contributed by atoms with Gasteiger partial charge in [0, 0.05) is 0 Å². The SMILES string of the molecule is C=CC[C@@](CCCCCCCCC)(OCC(=C)C)[C@@H]1COC(C)(C)O1. The molecule has 0 radical (unpaired) electrons. The number of hydrogen-bond donors (Lipinski definition) is 0. The number of rotatable bonds is 14. The summed E-state index contributed by atoms with van der Waals surface area (Å²) in [5, 5.41) is 0. The molecular weight excluding hydrogens is 312 g/mol. The van der Waals surface area contributed by atoms with Crippen LogP contribution in [0.3, 0.4) is 0 Å². The molecule has 0 saturated carbocycles. The van der Waals surface area contributed by atoms with Gasteiger partial charge in [-0.25, -0.2) is 0 Å². The molecule has 1 heterocycles. The Morgan fingerprint density at radius 1 is 1.20 bits per heavy atom. The Bertz CT molecular complexity index is 402. The third-order valence-electron chi connectivity index (χ3n) is 4.89. The van der Waals surface area contributed by atoms with Crippen LogP contribution in [-0.4, -0.2) is 30.7 Å². The maximum absolute atomic E-state index is 6.38. The Hall–Kier alpha value is -0.640. The summed E-state index contributed by atoms with van der Waals surface area (Å²) in [5.74, 6) is -0.538. The van der Waals surface area contributed by atoms with Gasteiger partial charge < -0.3 is 14.2 Å². The smallest absolute Gasteiger partial charge is 0.163 e. The molecule has 25 heavy (non-hydrogen) atoms. The van der Waals surface area contributed by atoms with Crippen LogP contribution in [0.5, 0.6) is 0 Å². The molecule has 1 aliphatic rings. The van der Waals surface area contributed by atoms with Gasteiger partial charge in [-0.15, -0.1) is 6.58 Å². The Balaban J connectivity index is 2.65. The molecule has 0 aromatic heterocycles. The Morgan fingerprint density at radius 3 is 2.36 bits per heavy atom. The first-order chi connectivity index (χ1) is 11.9. The normalized spacial score (nSPS) is 21.8. The van der Waals surface area contributed by atoms with Crippen molar-refractivity contribution in [3.63, 3.8) is 0 Å². The molecule has 1 fully saturated rings. The van der Waals surface area contributed by atoms with Gasteiger partial charge in [0.15, 0.2) is 5.79 Å². The number of unbranched alkanes of at least 4 members (excludes halogenated alkanes) is 6. The highest BCUT2D eigenvalue weighted by atomic mass is 16.8. The van der Waals surface area contributed by atoms with Crippen molar-refractivity contribution in [2.45, 2.75) is 103 Å². The van der Waals surface area contributed by atoms with E-state index in [-0.39, 0.29) is 11.7 Å². The third-order valence-corrected chi connectivity index (χ3v) is 4.89. The van der Waals surface area contributed by atoms with Crippen LogP contribution in [0, 0.1) is 0 Å². The van der Waals surface area contributed by atoms with Crippen LogP contribution in [0.4, 0.5) is 0 Å². The molecule has 0 unspecified atom stereocenters. The van der Waals surface area contributed by atoms with Crippen LogP contribution < -0.4 is 0 Å². The second kappa shape index (κ2) is 11.2. The van der Waals surface area contributed by atoms with E-state index >= 15 is 0 Å². The predicted molar refractivity (Wildman–Crippen MR) is 106 cm³/mol. The van der Waals surface area contributed by atoms with Gasteiger partial charge in [0.2, 0.25) is 0 Å². The molecule has 0 aliphatic carbocycles. The standard InChI is InChI=1S/C22H40O3/c1-7-9-10-11-12-13-14-16-22(15-8-2,24-17-19(3)4)20-18-23-21(5,6)25-20/h8,20H,2-3,7,9-18H2,1,4-6H3/t20-,22-/m0/s1. The first-order valence-electron chi connectivity index (χ1n) is 10.1. The highest BCUT2D eigenvalue weighted by Crippen LogP contribution is 2.37. The maximum Gasteiger partial charge on any atom is 0.163 e. The molecule has 0 aromatic rings. The Kier molecular flexibility index (Phi) is 9.99. The zero-order valence-corrected chi connectivity index (χ0v) is 17.1. The molecular formula is C22H40O3. The van der Waals surface area contributed by atoms with Crippen LogP contribution in [0.1, 0.15) is 85.5 Å². The van der Waals surface area contributed by atoms with Crippen LogP contribution in [0.2, 0.25) is 0 Å². The molecule has 3 nitrogen and oxygen atoms in total. The first-order valence-corrected chi connectivity index (χ1v) is 10.1. The van der Waals surface area contributed by atoms with Crippen molar-refractivity contribution in [1.82, 2.24) is 0 Å². The quantitative estimate of drug-likeness (QED) is 0.276. The molecule has 0 bridgehead atoms. The van der Waals surface area contributed by atoms with Gasteiger partial charge in [-0.2, -0.15) is 0 Å². The fourth-order valence-electron chi connectivity index (χ4n) is 3.46. The van der Waals surface area contributed by atoms with Crippen LogP contribution in [0.15, 0.2) is 24.8 Å². The lowest BCUT2D eigenvalue weighted by molar-refractivity contribution is -0.183. The van der Waals surface area contributed by atoms with E-state index in [4.69, 9.17) is 14.2 Å². The zero-order valence-electron chi connectivity index (χ0n) is 17.1. The summed E-state index contributed by atoms with van der Waals surface area (Å²) in [7, 11) is 0. The number of ether oxygens (including phenoxy) is 3. The summed E-state index contributed by atoms with van der Waals surface area (Å²) in [6.45, 7) is 17.3. The topological polar surface area (TPSA) is 27.7 Å².